The van der Waals surface area contributed by atoms with E-state index in [-0.39, 0.29) is 10.8 Å². The zero-order valence-electron chi connectivity index (χ0n) is 13.8. The van der Waals surface area contributed by atoms with Crippen LogP contribution in [0.1, 0.15) is 17.5 Å². The lowest BCUT2D eigenvalue weighted by atomic mass is 10.0. The predicted octanol–water partition coefficient (Wildman–Crippen LogP) is 2.77. The fourth-order valence-corrected chi connectivity index (χ4v) is 4.07. The van der Waals surface area contributed by atoms with Crippen molar-refractivity contribution in [2.24, 2.45) is 0 Å². The Morgan fingerprint density at radius 3 is 2.56 bits per heavy atom. The molecule has 1 aliphatic heterocycles. The van der Waals surface area contributed by atoms with Gasteiger partial charge >= 0.3 is 0 Å². The maximum atomic E-state index is 12.5. The molecule has 1 amide bonds. The number of carbonyl (C=O) groups is 1. The summed E-state index contributed by atoms with van der Waals surface area (Å²) in [4.78, 5) is 13.5. The van der Waals surface area contributed by atoms with Gasteiger partial charge in [-0.05, 0) is 54.3 Å². The summed E-state index contributed by atoms with van der Waals surface area (Å²) < 4.78 is 27.6. The summed E-state index contributed by atoms with van der Waals surface area (Å²) in [5.74, 6) is 0.0456. The van der Waals surface area contributed by atoms with Gasteiger partial charge in [0.15, 0.2) is 0 Å². The summed E-state index contributed by atoms with van der Waals surface area (Å²) in [6.45, 7) is 0.305. The van der Waals surface area contributed by atoms with Crippen LogP contribution in [0.25, 0.3) is 0 Å². The quantitative estimate of drug-likeness (QED) is 0.869. The Labute approximate surface area is 152 Å². The Kier molecular flexibility index (Phi) is 5.13. The number of anilines is 1. The van der Waals surface area contributed by atoms with E-state index in [1.165, 1.54) is 0 Å². The number of nitrogens with zero attached hydrogens (tertiary/aromatic N) is 1. The van der Waals surface area contributed by atoms with Crippen LogP contribution in [0.3, 0.4) is 0 Å². The summed E-state index contributed by atoms with van der Waals surface area (Å²) in [6, 6.07) is 12.2. The third kappa shape index (κ3) is 4.03. The molecule has 0 fully saturated rings. The molecule has 132 valence electrons. The third-order valence-corrected chi connectivity index (χ3v) is 6.03. The van der Waals surface area contributed by atoms with E-state index in [0.29, 0.717) is 30.8 Å². The molecule has 0 aromatic heterocycles. The van der Waals surface area contributed by atoms with Crippen LogP contribution in [0.2, 0.25) is 5.02 Å². The van der Waals surface area contributed by atoms with Crippen LogP contribution in [0.5, 0.6) is 0 Å². The van der Waals surface area contributed by atoms with E-state index < -0.39 is 10.0 Å². The normalized spacial score (nSPS) is 14.5. The van der Waals surface area contributed by atoms with Crippen LogP contribution in [0.4, 0.5) is 5.69 Å². The number of carbonyl (C=O) groups excluding carboxylic acids is 1. The molecule has 1 heterocycles. The van der Waals surface area contributed by atoms with Gasteiger partial charge in [-0.1, -0.05) is 23.7 Å². The number of aryl methyl sites for hydroxylation is 1. The highest BCUT2D eigenvalue weighted by molar-refractivity contribution is 7.89. The van der Waals surface area contributed by atoms with Crippen molar-refractivity contribution in [2.45, 2.75) is 24.2 Å². The van der Waals surface area contributed by atoms with Gasteiger partial charge in [-0.25, -0.2) is 13.1 Å². The van der Waals surface area contributed by atoms with Gasteiger partial charge in [0.25, 0.3) is 0 Å². The van der Waals surface area contributed by atoms with Crippen molar-refractivity contribution in [1.82, 2.24) is 4.72 Å². The average Bonchev–Trinajstić information content (AvgIpc) is 2.59. The van der Waals surface area contributed by atoms with Gasteiger partial charge in [-0.3, -0.25) is 4.79 Å². The Balaban J connectivity index is 1.70. The standard InChI is InChI=1S/C18H19ClN2O3S/c1-21-17-8-7-16(12-14(17)4-9-18(21)22)25(23,24)20-11-10-13-2-5-15(19)6-3-13/h2-3,5-8,12,20H,4,9-11H2,1H3. The molecule has 0 aliphatic carbocycles. The zero-order valence-corrected chi connectivity index (χ0v) is 15.4. The molecular weight excluding hydrogens is 360 g/mol. The monoisotopic (exact) mass is 378 g/mol. The van der Waals surface area contributed by atoms with Crippen molar-refractivity contribution >= 4 is 33.2 Å². The van der Waals surface area contributed by atoms with Crippen molar-refractivity contribution in [1.29, 1.82) is 0 Å². The largest absolute Gasteiger partial charge is 0.315 e. The van der Waals surface area contributed by atoms with E-state index in [0.717, 1.165) is 16.8 Å². The number of hydrogen-bond donors (Lipinski definition) is 1. The average molecular weight is 379 g/mol. The van der Waals surface area contributed by atoms with Crippen molar-refractivity contribution in [3.63, 3.8) is 0 Å². The molecule has 0 radical (unpaired) electrons. The second kappa shape index (κ2) is 7.15. The van der Waals surface area contributed by atoms with E-state index >= 15 is 0 Å². The topological polar surface area (TPSA) is 66.5 Å². The van der Waals surface area contributed by atoms with Gasteiger partial charge in [-0.2, -0.15) is 0 Å². The number of fused-ring (bicyclic) bond motifs is 1. The van der Waals surface area contributed by atoms with Gasteiger partial charge in [-0.15, -0.1) is 0 Å². The van der Waals surface area contributed by atoms with Gasteiger partial charge in [0.2, 0.25) is 15.9 Å². The number of benzene rings is 2. The summed E-state index contributed by atoms with van der Waals surface area (Å²) in [5.41, 5.74) is 2.66. The maximum Gasteiger partial charge on any atom is 0.240 e. The summed E-state index contributed by atoms with van der Waals surface area (Å²) in [5, 5.41) is 0.654. The van der Waals surface area contributed by atoms with E-state index in [4.69, 9.17) is 11.6 Å². The number of rotatable bonds is 5. The lowest BCUT2D eigenvalue weighted by molar-refractivity contribution is -0.118. The van der Waals surface area contributed by atoms with Gasteiger partial charge < -0.3 is 4.90 Å². The van der Waals surface area contributed by atoms with Crippen molar-refractivity contribution in [3.05, 3.63) is 58.6 Å². The molecule has 3 rings (SSSR count). The minimum Gasteiger partial charge on any atom is -0.315 e. The summed E-state index contributed by atoms with van der Waals surface area (Å²) in [7, 11) is -1.88. The first-order valence-corrected chi connectivity index (χ1v) is 9.86. The zero-order chi connectivity index (χ0) is 18.0. The first kappa shape index (κ1) is 17.9. The number of nitrogens with one attached hydrogen (secondary N) is 1. The number of amides is 1. The number of sulfonamides is 1. The minimum absolute atomic E-state index is 0.0456. The lowest BCUT2D eigenvalue weighted by Gasteiger charge is -2.26. The van der Waals surface area contributed by atoms with Crippen LogP contribution < -0.4 is 9.62 Å². The Morgan fingerprint density at radius 1 is 1.12 bits per heavy atom. The molecule has 7 heteroatoms. The Morgan fingerprint density at radius 2 is 1.84 bits per heavy atom. The smallest absolute Gasteiger partial charge is 0.240 e. The fourth-order valence-electron chi connectivity index (χ4n) is 2.86. The second-order valence-electron chi connectivity index (χ2n) is 6.02. The Bertz CT molecular complexity index is 895. The Hall–Kier alpha value is -1.89. The number of halogens is 1. The van der Waals surface area contributed by atoms with Gasteiger partial charge in [0.05, 0.1) is 4.90 Å². The van der Waals surface area contributed by atoms with E-state index in [2.05, 4.69) is 4.72 Å². The second-order valence-corrected chi connectivity index (χ2v) is 8.22. The fraction of sp³-hybridized carbons (Fsp3) is 0.278. The third-order valence-electron chi connectivity index (χ3n) is 4.32. The molecule has 1 aliphatic rings. The lowest BCUT2D eigenvalue weighted by Crippen LogP contribution is -2.31. The van der Waals surface area contributed by atoms with E-state index in [1.807, 2.05) is 12.1 Å². The van der Waals surface area contributed by atoms with Crippen molar-refractivity contribution < 1.29 is 13.2 Å². The first-order chi connectivity index (χ1) is 11.9. The summed E-state index contributed by atoms with van der Waals surface area (Å²) >= 11 is 5.84. The molecule has 0 unspecified atom stereocenters. The van der Waals surface area contributed by atoms with Crippen LogP contribution in [-0.2, 0) is 27.7 Å². The van der Waals surface area contributed by atoms with E-state index in [9.17, 15) is 13.2 Å². The summed E-state index contributed by atoms with van der Waals surface area (Å²) in [6.07, 6.45) is 1.54. The SMILES string of the molecule is CN1C(=O)CCc2cc(S(=O)(=O)NCCc3ccc(Cl)cc3)ccc21. The van der Waals surface area contributed by atoms with Crippen LogP contribution in [0, 0.1) is 0 Å². The predicted molar refractivity (Wildman–Crippen MR) is 98.5 cm³/mol. The molecule has 2 aromatic rings. The van der Waals surface area contributed by atoms with Crippen LogP contribution >= 0.6 is 11.6 Å². The van der Waals surface area contributed by atoms with Gasteiger partial charge in [0.1, 0.15) is 0 Å². The highest BCUT2D eigenvalue weighted by Gasteiger charge is 2.23. The van der Waals surface area contributed by atoms with Crippen molar-refractivity contribution in [2.75, 3.05) is 18.5 Å². The maximum absolute atomic E-state index is 12.5. The highest BCUT2D eigenvalue weighted by atomic mass is 35.5. The molecule has 25 heavy (non-hydrogen) atoms. The molecule has 1 N–H and O–H groups in total. The van der Waals surface area contributed by atoms with Gasteiger partial charge in [0, 0.05) is 30.7 Å². The molecule has 0 atom stereocenters. The van der Waals surface area contributed by atoms with E-state index in [1.54, 1.807) is 42.3 Å². The van der Waals surface area contributed by atoms with Crippen LogP contribution in [-0.4, -0.2) is 27.9 Å². The molecule has 0 saturated heterocycles. The minimum atomic E-state index is -3.58. The highest BCUT2D eigenvalue weighted by Crippen LogP contribution is 2.28. The molecule has 0 spiro atoms. The first-order valence-electron chi connectivity index (χ1n) is 8.00. The molecule has 2 aromatic carbocycles. The molecule has 0 saturated carbocycles. The molecular formula is C18H19ClN2O3S. The molecule has 0 bridgehead atoms. The van der Waals surface area contributed by atoms with Crippen molar-refractivity contribution in [3.8, 4) is 0 Å². The number of hydrogen-bond acceptors (Lipinski definition) is 3. The molecule has 5 nitrogen and oxygen atoms in total. The van der Waals surface area contributed by atoms with Crippen LogP contribution in [0.15, 0.2) is 47.4 Å².